The van der Waals surface area contributed by atoms with Crippen LogP contribution in [0.3, 0.4) is 0 Å². The maximum Gasteiger partial charge on any atom is 0.134 e. The highest BCUT2D eigenvalue weighted by atomic mass is 16.5. The zero-order chi connectivity index (χ0) is 13.0. The smallest absolute Gasteiger partial charge is 0.134 e. The molecule has 0 amide bonds. The molecule has 1 N–H and O–H groups in total. The number of hydrogen-bond acceptors (Lipinski definition) is 3. The second-order valence-corrected chi connectivity index (χ2v) is 4.73. The van der Waals surface area contributed by atoms with Crippen molar-refractivity contribution in [2.75, 3.05) is 13.2 Å². The van der Waals surface area contributed by atoms with Gasteiger partial charge in [0.2, 0.25) is 0 Å². The average molecular weight is 247 g/mol. The Kier molecular flexibility index (Phi) is 4.39. The van der Waals surface area contributed by atoms with E-state index >= 15 is 0 Å². The maximum atomic E-state index is 5.72. The van der Waals surface area contributed by atoms with Crippen molar-refractivity contribution in [1.82, 2.24) is 5.32 Å². The Hall–Kier alpha value is -1.32. The normalized spacial score (nSPS) is 11.6. The second-order valence-electron chi connectivity index (χ2n) is 4.73. The standard InChI is InChI=1S/C15H21NO2/c1-11(2)17-9-8-16-10-14-12(3)18-15-7-5-4-6-13(14)15/h4-7,11,16H,8-10H2,1-3H3. The van der Waals surface area contributed by atoms with Gasteiger partial charge in [0.25, 0.3) is 0 Å². The van der Waals surface area contributed by atoms with Gasteiger partial charge < -0.3 is 14.5 Å². The molecule has 1 aromatic carbocycles. The molecule has 0 fully saturated rings. The Morgan fingerprint density at radius 3 is 2.83 bits per heavy atom. The highest BCUT2D eigenvalue weighted by Crippen LogP contribution is 2.24. The minimum absolute atomic E-state index is 0.295. The lowest BCUT2D eigenvalue weighted by Gasteiger charge is -2.08. The van der Waals surface area contributed by atoms with Crippen LogP contribution in [0.5, 0.6) is 0 Å². The van der Waals surface area contributed by atoms with E-state index in [0.29, 0.717) is 6.10 Å². The third-order valence-corrected chi connectivity index (χ3v) is 2.93. The number of aryl methyl sites for hydroxylation is 1. The van der Waals surface area contributed by atoms with Crippen LogP contribution in [-0.2, 0) is 11.3 Å². The van der Waals surface area contributed by atoms with Crippen molar-refractivity contribution in [3.63, 3.8) is 0 Å². The zero-order valence-electron chi connectivity index (χ0n) is 11.3. The summed E-state index contributed by atoms with van der Waals surface area (Å²) in [5, 5.41) is 4.59. The second kappa shape index (κ2) is 6.03. The van der Waals surface area contributed by atoms with Gasteiger partial charge in [0.1, 0.15) is 11.3 Å². The maximum absolute atomic E-state index is 5.72. The minimum atomic E-state index is 0.295. The predicted molar refractivity (Wildman–Crippen MR) is 73.7 cm³/mol. The van der Waals surface area contributed by atoms with E-state index in [1.54, 1.807) is 0 Å². The molecule has 0 radical (unpaired) electrons. The average Bonchev–Trinajstić information content (AvgIpc) is 2.65. The summed E-state index contributed by atoms with van der Waals surface area (Å²) in [5.41, 5.74) is 2.21. The molecule has 2 rings (SSSR count). The van der Waals surface area contributed by atoms with Gasteiger partial charge in [0.15, 0.2) is 0 Å². The monoisotopic (exact) mass is 247 g/mol. The van der Waals surface area contributed by atoms with E-state index in [2.05, 4.69) is 11.4 Å². The first-order valence-corrected chi connectivity index (χ1v) is 6.48. The summed E-state index contributed by atoms with van der Waals surface area (Å²) in [5.74, 6) is 0.994. The molecule has 0 aliphatic heterocycles. The molecule has 98 valence electrons. The quantitative estimate of drug-likeness (QED) is 0.796. The van der Waals surface area contributed by atoms with Gasteiger partial charge in [-0.3, -0.25) is 0 Å². The van der Waals surface area contributed by atoms with Crippen molar-refractivity contribution < 1.29 is 9.15 Å². The summed E-state index contributed by atoms with van der Waals surface area (Å²) in [6, 6.07) is 8.16. The van der Waals surface area contributed by atoms with E-state index < -0.39 is 0 Å². The molecule has 0 aliphatic carbocycles. The lowest BCUT2D eigenvalue weighted by molar-refractivity contribution is 0.0807. The van der Waals surface area contributed by atoms with Crippen LogP contribution in [-0.4, -0.2) is 19.3 Å². The van der Waals surface area contributed by atoms with Crippen molar-refractivity contribution >= 4 is 11.0 Å². The molecule has 0 atom stereocenters. The van der Waals surface area contributed by atoms with E-state index in [1.165, 1.54) is 10.9 Å². The first kappa shape index (κ1) is 13.1. The highest BCUT2D eigenvalue weighted by Gasteiger charge is 2.09. The number of furan rings is 1. The summed E-state index contributed by atoms with van der Waals surface area (Å²) in [6.45, 7) is 8.54. The Labute approximate surface area is 108 Å². The van der Waals surface area contributed by atoms with Gasteiger partial charge in [-0.15, -0.1) is 0 Å². The van der Waals surface area contributed by atoms with Crippen LogP contribution in [0, 0.1) is 6.92 Å². The molecule has 18 heavy (non-hydrogen) atoms. The number of fused-ring (bicyclic) bond motifs is 1. The SMILES string of the molecule is Cc1oc2ccccc2c1CNCCOC(C)C. The molecular weight excluding hydrogens is 226 g/mol. The van der Waals surface area contributed by atoms with E-state index in [4.69, 9.17) is 9.15 Å². The van der Waals surface area contributed by atoms with Crippen molar-refractivity contribution in [2.45, 2.75) is 33.4 Å². The van der Waals surface area contributed by atoms with Crippen LogP contribution >= 0.6 is 0 Å². The summed E-state index contributed by atoms with van der Waals surface area (Å²) >= 11 is 0. The number of benzene rings is 1. The van der Waals surface area contributed by atoms with E-state index in [0.717, 1.165) is 31.0 Å². The fraction of sp³-hybridized carbons (Fsp3) is 0.467. The number of ether oxygens (including phenoxy) is 1. The fourth-order valence-electron chi connectivity index (χ4n) is 2.02. The van der Waals surface area contributed by atoms with Gasteiger partial charge in [0, 0.05) is 24.0 Å². The summed E-state index contributed by atoms with van der Waals surface area (Å²) in [7, 11) is 0. The van der Waals surface area contributed by atoms with Crippen LogP contribution in [0.4, 0.5) is 0 Å². The first-order valence-electron chi connectivity index (χ1n) is 6.48. The van der Waals surface area contributed by atoms with Crippen molar-refractivity contribution in [3.8, 4) is 0 Å². The largest absolute Gasteiger partial charge is 0.461 e. The van der Waals surface area contributed by atoms with Crippen molar-refractivity contribution in [2.24, 2.45) is 0 Å². The summed E-state index contributed by atoms with van der Waals surface area (Å²) in [6.07, 6.45) is 0.295. The summed E-state index contributed by atoms with van der Waals surface area (Å²) in [4.78, 5) is 0. The van der Waals surface area contributed by atoms with Crippen LogP contribution in [0.15, 0.2) is 28.7 Å². The van der Waals surface area contributed by atoms with Gasteiger partial charge in [-0.1, -0.05) is 18.2 Å². The Morgan fingerprint density at radius 1 is 1.28 bits per heavy atom. The third kappa shape index (κ3) is 3.12. The third-order valence-electron chi connectivity index (χ3n) is 2.93. The van der Waals surface area contributed by atoms with Gasteiger partial charge in [-0.05, 0) is 26.8 Å². The minimum Gasteiger partial charge on any atom is -0.461 e. The molecule has 0 saturated carbocycles. The van der Waals surface area contributed by atoms with Crippen LogP contribution in [0.25, 0.3) is 11.0 Å². The first-order chi connectivity index (χ1) is 8.68. The van der Waals surface area contributed by atoms with Crippen LogP contribution in [0.2, 0.25) is 0 Å². The Morgan fingerprint density at radius 2 is 2.06 bits per heavy atom. The lowest BCUT2D eigenvalue weighted by Crippen LogP contribution is -2.21. The van der Waals surface area contributed by atoms with Crippen molar-refractivity contribution in [3.05, 3.63) is 35.6 Å². The molecule has 0 spiro atoms. The van der Waals surface area contributed by atoms with Gasteiger partial charge in [-0.2, -0.15) is 0 Å². The molecule has 1 heterocycles. The number of hydrogen-bond donors (Lipinski definition) is 1. The van der Waals surface area contributed by atoms with E-state index in [9.17, 15) is 0 Å². The van der Waals surface area contributed by atoms with Crippen LogP contribution < -0.4 is 5.32 Å². The van der Waals surface area contributed by atoms with Crippen molar-refractivity contribution in [1.29, 1.82) is 0 Å². The molecule has 3 nitrogen and oxygen atoms in total. The zero-order valence-corrected chi connectivity index (χ0v) is 11.3. The molecule has 0 aliphatic rings. The predicted octanol–water partition coefficient (Wildman–Crippen LogP) is 3.26. The van der Waals surface area contributed by atoms with Gasteiger partial charge in [0.05, 0.1) is 12.7 Å². The molecule has 0 unspecified atom stereocenters. The number of rotatable bonds is 6. The molecule has 3 heteroatoms. The van der Waals surface area contributed by atoms with E-state index in [-0.39, 0.29) is 0 Å². The number of para-hydroxylation sites is 1. The topological polar surface area (TPSA) is 34.4 Å². The van der Waals surface area contributed by atoms with Crippen LogP contribution in [0.1, 0.15) is 25.2 Å². The molecule has 0 saturated heterocycles. The Balaban J connectivity index is 1.93. The van der Waals surface area contributed by atoms with Gasteiger partial charge >= 0.3 is 0 Å². The number of nitrogens with one attached hydrogen (secondary N) is 1. The fourth-order valence-corrected chi connectivity index (χ4v) is 2.02. The molecular formula is C15H21NO2. The van der Waals surface area contributed by atoms with E-state index in [1.807, 2.05) is 39.0 Å². The van der Waals surface area contributed by atoms with Gasteiger partial charge in [-0.25, -0.2) is 0 Å². The molecule has 1 aromatic heterocycles. The molecule has 2 aromatic rings. The lowest BCUT2D eigenvalue weighted by atomic mass is 10.1. The highest BCUT2D eigenvalue weighted by molar-refractivity contribution is 5.82. The summed E-state index contributed by atoms with van der Waals surface area (Å²) < 4.78 is 11.2. The molecule has 0 bridgehead atoms. The Bertz CT molecular complexity index is 502.